The van der Waals surface area contributed by atoms with Gasteiger partial charge in [0.05, 0.1) is 40.6 Å². The Labute approximate surface area is 110 Å². The topological polar surface area (TPSA) is 26.0 Å². The molecule has 18 heavy (non-hydrogen) atoms. The van der Waals surface area contributed by atoms with Gasteiger partial charge in [0.2, 0.25) is 0 Å². The van der Waals surface area contributed by atoms with Gasteiger partial charge in [-0.05, 0) is 37.1 Å². The molecule has 0 aromatic heterocycles. The number of hydrogen-bond donors (Lipinski definition) is 2. The number of carbonyl (C=O) groups is 1. The Morgan fingerprint density at radius 1 is 0.833 bits per heavy atom. The van der Waals surface area contributed by atoms with Gasteiger partial charge < -0.3 is 9.80 Å². The second-order valence-corrected chi connectivity index (χ2v) is 5.09. The van der Waals surface area contributed by atoms with Crippen LogP contribution < -0.4 is 9.80 Å². The minimum absolute atomic E-state index is 0.201. The summed E-state index contributed by atoms with van der Waals surface area (Å²) in [5.41, 5.74) is 1.84. The summed E-state index contributed by atoms with van der Waals surface area (Å²) in [7, 11) is 8.19. The maximum absolute atomic E-state index is 12.0. The second kappa shape index (κ2) is 7.09. The average Bonchev–Trinajstić information content (AvgIpc) is 2.60. The number of hydrogen-bond acceptors (Lipinski definition) is 1. The molecular formula is C15H24N2O+2. The molecule has 3 nitrogen and oxygen atoms in total. The molecule has 0 aromatic carbocycles. The van der Waals surface area contributed by atoms with Gasteiger partial charge in [0, 0.05) is 11.1 Å². The number of Topliss-reactive ketones (excluding diaryl/α,β-unsaturated/α-hetero) is 1. The lowest BCUT2D eigenvalue weighted by molar-refractivity contribution is -0.801. The highest BCUT2D eigenvalue weighted by Gasteiger charge is 2.21. The van der Waals surface area contributed by atoms with E-state index in [2.05, 4.69) is 0 Å². The Kier molecular flexibility index (Phi) is 5.75. The van der Waals surface area contributed by atoms with Gasteiger partial charge in [-0.2, -0.15) is 0 Å². The zero-order valence-corrected chi connectivity index (χ0v) is 11.8. The van der Waals surface area contributed by atoms with E-state index in [4.69, 9.17) is 0 Å². The number of allylic oxidation sites excluding steroid dienone is 6. The van der Waals surface area contributed by atoms with E-state index in [-0.39, 0.29) is 5.78 Å². The van der Waals surface area contributed by atoms with Crippen molar-refractivity contribution >= 4 is 5.78 Å². The van der Waals surface area contributed by atoms with E-state index in [9.17, 15) is 4.79 Å². The van der Waals surface area contributed by atoms with E-state index in [0.29, 0.717) is 0 Å². The number of nitrogens with one attached hydrogen (secondary N) is 2. The summed E-state index contributed by atoms with van der Waals surface area (Å²) in [4.78, 5) is 14.5. The Balaban J connectivity index is 2.67. The molecule has 0 saturated heterocycles. The Morgan fingerprint density at radius 3 is 1.56 bits per heavy atom. The number of rotatable bonds is 4. The molecule has 0 spiro atoms. The van der Waals surface area contributed by atoms with Crippen LogP contribution in [0.15, 0.2) is 47.9 Å². The molecule has 1 aliphatic rings. The lowest BCUT2D eigenvalue weighted by Crippen LogP contribution is -3.00. The van der Waals surface area contributed by atoms with Crippen molar-refractivity contribution < 1.29 is 14.6 Å². The van der Waals surface area contributed by atoms with Crippen LogP contribution in [0.2, 0.25) is 0 Å². The first-order valence-electron chi connectivity index (χ1n) is 6.40. The van der Waals surface area contributed by atoms with E-state index in [1.54, 1.807) is 0 Å². The van der Waals surface area contributed by atoms with E-state index >= 15 is 0 Å². The lowest BCUT2D eigenvalue weighted by Gasteiger charge is -1.96. The Morgan fingerprint density at radius 2 is 1.22 bits per heavy atom. The fourth-order valence-electron chi connectivity index (χ4n) is 1.73. The first-order chi connectivity index (χ1) is 8.50. The minimum Gasteiger partial charge on any atom is -0.314 e. The van der Waals surface area contributed by atoms with Gasteiger partial charge in [-0.15, -0.1) is 0 Å². The summed E-state index contributed by atoms with van der Waals surface area (Å²) in [6.45, 7) is 0. The monoisotopic (exact) mass is 248 g/mol. The Bertz CT molecular complexity index is 374. The molecule has 0 atom stereocenters. The average molecular weight is 248 g/mol. The lowest BCUT2D eigenvalue weighted by atomic mass is 10.1. The first kappa shape index (κ1) is 14.6. The summed E-state index contributed by atoms with van der Waals surface area (Å²) >= 11 is 0. The van der Waals surface area contributed by atoms with E-state index in [0.717, 1.165) is 24.0 Å². The van der Waals surface area contributed by atoms with Crippen molar-refractivity contribution in [2.75, 3.05) is 28.2 Å². The number of ketones is 1. The molecule has 2 N–H and O–H groups in total. The molecule has 1 saturated carbocycles. The maximum atomic E-state index is 12.0. The molecule has 0 bridgehead atoms. The predicted molar refractivity (Wildman–Crippen MR) is 74.3 cm³/mol. The molecule has 0 heterocycles. The van der Waals surface area contributed by atoms with Crippen LogP contribution in [-0.4, -0.2) is 34.0 Å². The van der Waals surface area contributed by atoms with Crippen LogP contribution in [0.3, 0.4) is 0 Å². The van der Waals surface area contributed by atoms with Gasteiger partial charge in [-0.25, -0.2) is 0 Å². The molecule has 0 radical (unpaired) electrons. The maximum Gasteiger partial charge on any atom is 0.185 e. The van der Waals surface area contributed by atoms with Gasteiger partial charge in [0.1, 0.15) is 0 Å². The quantitative estimate of drug-likeness (QED) is 0.646. The van der Waals surface area contributed by atoms with Crippen LogP contribution in [0.4, 0.5) is 0 Å². The fraction of sp³-hybridized carbons (Fsp3) is 0.400. The molecule has 1 aliphatic carbocycles. The summed E-state index contributed by atoms with van der Waals surface area (Å²) in [5, 5.41) is 0. The molecular weight excluding hydrogens is 224 g/mol. The Hall–Kier alpha value is -1.45. The van der Waals surface area contributed by atoms with Crippen LogP contribution >= 0.6 is 0 Å². The van der Waals surface area contributed by atoms with Crippen molar-refractivity contribution in [1.82, 2.24) is 0 Å². The van der Waals surface area contributed by atoms with Crippen molar-refractivity contribution in [2.45, 2.75) is 12.8 Å². The molecule has 0 aliphatic heterocycles. The molecule has 0 unspecified atom stereocenters. The molecule has 0 amide bonds. The van der Waals surface area contributed by atoms with Gasteiger partial charge in [-0.3, -0.25) is 4.79 Å². The fourth-order valence-corrected chi connectivity index (χ4v) is 1.73. The minimum atomic E-state index is 0.201. The molecule has 98 valence electrons. The van der Waals surface area contributed by atoms with E-state index in [1.807, 2.05) is 64.9 Å². The standard InChI is InChI=1S/C15H22N2O/c1-16(2)11-5-7-13-9-10-14(15(13)18)8-6-12-17(3)4/h5-8,11-12H,9-10H2,1-4H3/p+2/b11-5+,12-6?,13-7+,14-8?. The van der Waals surface area contributed by atoms with Gasteiger partial charge in [-0.1, -0.05) is 0 Å². The normalized spacial score (nSPS) is 21.8. The summed E-state index contributed by atoms with van der Waals surface area (Å²) in [6, 6.07) is 0. The van der Waals surface area contributed by atoms with Crippen LogP contribution in [0, 0.1) is 0 Å². The van der Waals surface area contributed by atoms with E-state index < -0.39 is 0 Å². The number of carbonyl (C=O) groups excluding carboxylic acids is 1. The van der Waals surface area contributed by atoms with Crippen LogP contribution in [0.1, 0.15) is 12.8 Å². The van der Waals surface area contributed by atoms with Crippen molar-refractivity contribution in [3.05, 3.63) is 47.9 Å². The van der Waals surface area contributed by atoms with Crippen LogP contribution in [-0.2, 0) is 4.79 Å². The molecule has 0 aromatic rings. The zero-order valence-electron chi connectivity index (χ0n) is 11.8. The summed E-state index contributed by atoms with van der Waals surface area (Å²) < 4.78 is 0. The van der Waals surface area contributed by atoms with Crippen molar-refractivity contribution in [3.8, 4) is 0 Å². The highest BCUT2D eigenvalue weighted by Crippen LogP contribution is 2.25. The van der Waals surface area contributed by atoms with Crippen molar-refractivity contribution in [2.24, 2.45) is 0 Å². The third-order valence-corrected chi connectivity index (χ3v) is 2.70. The van der Waals surface area contributed by atoms with Gasteiger partial charge in [0.15, 0.2) is 5.78 Å². The summed E-state index contributed by atoms with van der Waals surface area (Å²) in [5.74, 6) is 0.201. The molecule has 1 fully saturated rings. The largest absolute Gasteiger partial charge is 0.314 e. The highest BCUT2D eigenvalue weighted by atomic mass is 16.1. The van der Waals surface area contributed by atoms with E-state index in [1.165, 1.54) is 9.80 Å². The predicted octanol–water partition coefficient (Wildman–Crippen LogP) is -0.481. The third-order valence-electron chi connectivity index (χ3n) is 2.70. The second-order valence-electron chi connectivity index (χ2n) is 5.09. The number of quaternary nitrogens is 2. The SMILES string of the molecule is C[NH+](C)C=CC=C1CC/C(=C\C=C\[NH+](C)C)C1=O. The highest BCUT2D eigenvalue weighted by molar-refractivity contribution is 6.10. The van der Waals surface area contributed by atoms with Crippen molar-refractivity contribution in [3.63, 3.8) is 0 Å². The van der Waals surface area contributed by atoms with Crippen LogP contribution in [0.25, 0.3) is 0 Å². The van der Waals surface area contributed by atoms with Crippen molar-refractivity contribution in [1.29, 1.82) is 0 Å². The molecule has 1 rings (SSSR count). The van der Waals surface area contributed by atoms with Gasteiger partial charge >= 0.3 is 0 Å². The first-order valence-corrected chi connectivity index (χ1v) is 6.40. The smallest absolute Gasteiger partial charge is 0.185 e. The van der Waals surface area contributed by atoms with Crippen LogP contribution in [0.5, 0.6) is 0 Å². The molecule has 3 heteroatoms. The third kappa shape index (κ3) is 4.82. The summed E-state index contributed by atoms with van der Waals surface area (Å²) in [6.07, 6.45) is 13.6. The van der Waals surface area contributed by atoms with Gasteiger partial charge in [0.25, 0.3) is 0 Å². The zero-order chi connectivity index (χ0) is 13.5.